The molecule has 1 atom stereocenters. The highest BCUT2D eigenvalue weighted by atomic mass is 32.2. The third-order valence-electron chi connectivity index (χ3n) is 2.91. The summed E-state index contributed by atoms with van der Waals surface area (Å²) in [5, 5.41) is 9.46. The Morgan fingerprint density at radius 3 is 2.50 bits per heavy atom. The second kappa shape index (κ2) is 5.96. The molecule has 1 unspecified atom stereocenters. The standard InChI is InChI=1S/C14H19NS/c1-10(2)12(4)16-9-14-6-5-13(8-15)7-11(14)3/h5-7,10,12H,9H2,1-4H3. The molecule has 0 saturated heterocycles. The van der Waals surface area contributed by atoms with Crippen molar-refractivity contribution >= 4 is 11.8 Å². The van der Waals surface area contributed by atoms with Crippen molar-refractivity contribution in [1.82, 2.24) is 0 Å². The highest BCUT2D eigenvalue weighted by Gasteiger charge is 2.08. The maximum absolute atomic E-state index is 8.79. The SMILES string of the molecule is Cc1cc(C#N)ccc1CSC(C)C(C)C. The van der Waals surface area contributed by atoms with Crippen LogP contribution in [0, 0.1) is 24.2 Å². The van der Waals surface area contributed by atoms with Gasteiger partial charge >= 0.3 is 0 Å². The van der Waals surface area contributed by atoms with Crippen LogP contribution < -0.4 is 0 Å². The molecule has 0 aliphatic heterocycles. The minimum atomic E-state index is 0.676. The molecule has 0 aromatic heterocycles. The predicted molar refractivity (Wildman–Crippen MR) is 71.5 cm³/mol. The van der Waals surface area contributed by atoms with Gasteiger partial charge in [0.25, 0.3) is 0 Å². The summed E-state index contributed by atoms with van der Waals surface area (Å²) in [5.74, 6) is 1.75. The van der Waals surface area contributed by atoms with Crippen LogP contribution in [0.1, 0.15) is 37.5 Å². The highest BCUT2D eigenvalue weighted by molar-refractivity contribution is 7.99. The molecule has 1 nitrogen and oxygen atoms in total. The van der Waals surface area contributed by atoms with Crippen LogP contribution in [0.15, 0.2) is 18.2 Å². The van der Waals surface area contributed by atoms with E-state index in [9.17, 15) is 0 Å². The number of aryl methyl sites for hydroxylation is 1. The van der Waals surface area contributed by atoms with Gasteiger partial charge in [0.2, 0.25) is 0 Å². The molecular formula is C14H19NS. The van der Waals surface area contributed by atoms with Crippen molar-refractivity contribution in [2.45, 2.75) is 38.7 Å². The Kier molecular flexibility index (Phi) is 4.89. The van der Waals surface area contributed by atoms with E-state index < -0.39 is 0 Å². The number of benzene rings is 1. The first-order valence-electron chi connectivity index (χ1n) is 5.65. The first-order valence-corrected chi connectivity index (χ1v) is 6.70. The minimum Gasteiger partial charge on any atom is -0.192 e. The first kappa shape index (κ1) is 13.1. The summed E-state index contributed by atoms with van der Waals surface area (Å²) < 4.78 is 0. The van der Waals surface area contributed by atoms with E-state index in [0.717, 1.165) is 11.3 Å². The molecule has 0 N–H and O–H groups in total. The summed E-state index contributed by atoms with van der Waals surface area (Å²) in [6.45, 7) is 8.86. The summed E-state index contributed by atoms with van der Waals surface area (Å²) in [5.41, 5.74) is 3.32. The molecule has 0 fully saturated rings. The number of hydrogen-bond acceptors (Lipinski definition) is 2. The van der Waals surface area contributed by atoms with E-state index >= 15 is 0 Å². The van der Waals surface area contributed by atoms with Crippen molar-refractivity contribution < 1.29 is 0 Å². The van der Waals surface area contributed by atoms with E-state index in [1.54, 1.807) is 0 Å². The lowest BCUT2D eigenvalue weighted by Gasteiger charge is -2.15. The largest absolute Gasteiger partial charge is 0.192 e. The fourth-order valence-electron chi connectivity index (χ4n) is 1.34. The smallest absolute Gasteiger partial charge is 0.0991 e. The van der Waals surface area contributed by atoms with Gasteiger partial charge in [-0.1, -0.05) is 26.8 Å². The van der Waals surface area contributed by atoms with E-state index in [0.29, 0.717) is 11.2 Å². The second-order valence-electron chi connectivity index (χ2n) is 4.51. The molecule has 0 radical (unpaired) electrons. The van der Waals surface area contributed by atoms with Crippen LogP contribution in [0.3, 0.4) is 0 Å². The number of hydrogen-bond donors (Lipinski definition) is 0. The minimum absolute atomic E-state index is 0.676. The molecule has 1 aromatic carbocycles. The van der Waals surface area contributed by atoms with Crippen LogP contribution in [0.4, 0.5) is 0 Å². The molecule has 0 spiro atoms. The third kappa shape index (κ3) is 3.57. The summed E-state index contributed by atoms with van der Waals surface area (Å²) in [4.78, 5) is 0. The summed E-state index contributed by atoms with van der Waals surface area (Å²) in [6.07, 6.45) is 0. The number of nitrogens with zero attached hydrogens (tertiary/aromatic N) is 1. The first-order chi connectivity index (χ1) is 7.54. The van der Waals surface area contributed by atoms with Gasteiger partial charge in [-0.15, -0.1) is 0 Å². The zero-order valence-corrected chi connectivity index (χ0v) is 11.3. The summed E-state index contributed by atoms with van der Waals surface area (Å²) in [6, 6.07) is 8.12. The Hall–Kier alpha value is -0.940. The molecular weight excluding hydrogens is 214 g/mol. The Morgan fingerprint density at radius 1 is 1.31 bits per heavy atom. The van der Waals surface area contributed by atoms with Crippen molar-refractivity contribution in [2.75, 3.05) is 0 Å². The van der Waals surface area contributed by atoms with Gasteiger partial charge in [0.1, 0.15) is 0 Å². The molecule has 0 bridgehead atoms. The molecule has 16 heavy (non-hydrogen) atoms. The van der Waals surface area contributed by atoms with Crippen molar-refractivity contribution in [3.05, 3.63) is 34.9 Å². The van der Waals surface area contributed by atoms with Crippen LogP contribution in [0.25, 0.3) is 0 Å². The molecule has 0 saturated carbocycles. The zero-order chi connectivity index (χ0) is 12.1. The molecule has 0 amide bonds. The van der Waals surface area contributed by atoms with E-state index in [1.807, 2.05) is 23.9 Å². The molecule has 1 rings (SSSR count). The van der Waals surface area contributed by atoms with E-state index in [1.165, 1.54) is 11.1 Å². The molecule has 0 aliphatic rings. The van der Waals surface area contributed by atoms with Gasteiger partial charge in [-0.25, -0.2) is 0 Å². The van der Waals surface area contributed by atoms with Crippen LogP contribution in [-0.2, 0) is 5.75 Å². The normalized spacial score (nSPS) is 12.5. The maximum Gasteiger partial charge on any atom is 0.0991 e. The van der Waals surface area contributed by atoms with Gasteiger partial charge in [0.05, 0.1) is 11.6 Å². The van der Waals surface area contributed by atoms with Crippen LogP contribution in [0.2, 0.25) is 0 Å². The third-order valence-corrected chi connectivity index (χ3v) is 4.46. The quantitative estimate of drug-likeness (QED) is 0.780. The van der Waals surface area contributed by atoms with Crippen LogP contribution >= 0.6 is 11.8 Å². The fraction of sp³-hybridized carbons (Fsp3) is 0.500. The lowest BCUT2D eigenvalue weighted by Crippen LogP contribution is -2.06. The van der Waals surface area contributed by atoms with Crippen molar-refractivity contribution in [1.29, 1.82) is 5.26 Å². The zero-order valence-electron chi connectivity index (χ0n) is 10.4. The Morgan fingerprint density at radius 2 is 2.00 bits per heavy atom. The predicted octanol–water partition coefficient (Wildman–Crippen LogP) is 4.14. The average molecular weight is 233 g/mol. The van der Waals surface area contributed by atoms with Crippen molar-refractivity contribution in [3.8, 4) is 6.07 Å². The molecule has 1 aromatic rings. The summed E-state index contributed by atoms with van der Waals surface area (Å²) in [7, 11) is 0. The highest BCUT2D eigenvalue weighted by Crippen LogP contribution is 2.24. The average Bonchev–Trinajstić information content (AvgIpc) is 2.26. The van der Waals surface area contributed by atoms with Gasteiger partial charge in [-0.2, -0.15) is 17.0 Å². The van der Waals surface area contributed by atoms with E-state index in [2.05, 4.69) is 39.8 Å². The number of rotatable bonds is 4. The van der Waals surface area contributed by atoms with E-state index in [4.69, 9.17) is 5.26 Å². The molecule has 0 aliphatic carbocycles. The van der Waals surface area contributed by atoms with Crippen LogP contribution in [-0.4, -0.2) is 5.25 Å². The van der Waals surface area contributed by atoms with Crippen molar-refractivity contribution in [2.24, 2.45) is 5.92 Å². The van der Waals surface area contributed by atoms with Gasteiger partial charge in [-0.05, 0) is 36.1 Å². The van der Waals surface area contributed by atoms with Crippen molar-refractivity contribution in [3.63, 3.8) is 0 Å². The Bertz CT molecular complexity index is 390. The molecule has 0 heterocycles. The Labute approximate surface area is 103 Å². The molecule has 2 heteroatoms. The number of thioether (sulfide) groups is 1. The van der Waals surface area contributed by atoms with Gasteiger partial charge in [0, 0.05) is 11.0 Å². The monoisotopic (exact) mass is 233 g/mol. The van der Waals surface area contributed by atoms with Gasteiger partial charge in [-0.3, -0.25) is 0 Å². The van der Waals surface area contributed by atoms with Gasteiger partial charge < -0.3 is 0 Å². The van der Waals surface area contributed by atoms with Crippen LogP contribution in [0.5, 0.6) is 0 Å². The topological polar surface area (TPSA) is 23.8 Å². The number of nitriles is 1. The second-order valence-corrected chi connectivity index (χ2v) is 5.88. The lowest BCUT2D eigenvalue weighted by molar-refractivity contribution is 0.642. The van der Waals surface area contributed by atoms with Gasteiger partial charge in [0.15, 0.2) is 0 Å². The Balaban J connectivity index is 2.65. The molecule has 86 valence electrons. The lowest BCUT2D eigenvalue weighted by atomic mass is 10.1. The van der Waals surface area contributed by atoms with E-state index in [-0.39, 0.29) is 0 Å². The fourth-order valence-corrected chi connectivity index (χ4v) is 2.49. The summed E-state index contributed by atoms with van der Waals surface area (Å²) >= 11 is 1.98. The maximum atomic E-state index is 8.79.